The van der Waals surface area contributed by atoms with E-state index in [1.807, 2.05) is 0 Å². The Morgan fingerprint density at radius 1 is 0.647 bits per heavy atom. The lowest BCUT2D eigenvalue weighted by molar-refractivity contribution is -0.167. The van der Waals surface area contributed by atoms with Gasteiger partial charge in [0.05, 0.1) is 36.5 Å². The molecule has 2 aromatic rings. The number of esters is 2. The standard InChI is InChI=1S/C26H42O6Si2/c1-7-33(8-2,9-3)23-17-21(19-31-23)13-15-29-25(27)26(28)30-16-14-22-18-24(32-20-22)34(10-4,11-5)12-6/h17-20H,7-16H2,1-6H3. The first-order chi connectivity index (χ1) is 16.3. The molecule has 0 atom stereocenters. The van der Waals surface area contributed by atoms with E-state index in [0.717, 1.165) is 58.2 Å². The van der Waals surface area contributed by atoms with Crippen molar-refractivity contribution in [2.45, 2.75) is 90.6 Å². The van der Waals surface area contributed by atoms with Crippen molar-refractivity contribution < 1.29 is 27.9 Å². The number of ether oxygens (including phenoxy) is 2. The smallest absolute Gasteiger partial charge is 0.417 e. The van der Waals surface area contributed by atoms with Crippen molar-refractivity contribution in [2.75, 3.05) is 13.2 Å². The number of carbonyl (C=O) groups is 2. The largest absolute Gasteiger partial charge is 0.474 e. The third-order valence-electron chi connectivity index (χ3n) is 7.83. The van der Waals surface area contributed by atoms with Crippen LogP contribution in [0.25, 0.3) is 0 Å². The Morgan fingerprint density at radius 3 is 1.26 bits per heavy atom. The summed E-state index contributed by atoms with van der Waals surface area (Å²) >= 11 is 0. The van der Waals surface area contributed by atoms with Crippen LogP contribution < -0.4 is 10.8 Å². The van der Waals surface area contributed by atoms with Crippen molar-refractivity contribution in [2.24, 2.45) is 0 Å². The van der Waals surface area contributed by atoms with E-state index in [2.05, 4.69) is 53.7 Å². The first-order valence-corrected chi connectivity index (χ1v) is 18.1. The van der Waals surface area contributed by atoms with Gasteiger partial charge in [0.15, 0.2) is 0 Å². The van der Waals surface area contributed by atoms with E-state index in [9.17, 15) is 9.59 Å². The third kappa shape index (κ3) is 6.53. The highest BCUT2D eigenvalue weighted by atomic mass is 28.3. The van der Waals surface area contributed by atoms with E-state index in [-0.39, 0.29) is 13.2 Å². The number of hydrogen-bond donors (Lipinski definition) is 0. The minimum absolute atomic E-state index is 0.120. The van der Waals surface area contributed by atoms with Crippen molar-refractivity contribution in [3.8, 4) is 0 Å². The van der Waals surface area contributed by atoms with Gasteiger partial charge in [-0.2, -0.15) is 0 Å². The fraction of sp³-hybridized carbons (Fsp3) is 0.615. The highest BCUT2D eigenvalue weighted by molar-refractivity contribution is 6.91. The molecule has 0 aliphatic carbocycles. The van der Waals surface area contributed by atoms with Gasteiger partial charge >= 0.3 is 11.9 Å². The molecule has 190 valence electrons. The average Bonchev–Trinajstić information content (AvgIpc) is 3.53. The van der Waals surface area contributed by atoms with E-state index in [4.69, 9.17) is 18.3 Å². The molecule has 0 spiro atoms. The van der Waals surface area contributed by atoms with Gasteiger partial charge in [0.25, 0.3) is 0 Å². The number of furan rings is 2. The van der Waals surface area contributed by atoms with Crippen LogP contribution in [0.5, 0.6) is 0 Å². The van der Waals surface area contributed by atoms with Gasteiger partial charge in [-0.25, -0.2) is 9.59 Å². The van der Waals surface area contributed by atoms with Crippen molar-refractivity contribution in [3.63, 3.8) is 0 Å². The second-order valence-electron chi connectivity index (χ2n) is 9.09. The second-order valence-corrected chi connectivity index (χ2v) is 19.4. The summed E-state index contributed by atoms with van der Waals surface area (Å²) < 4.78 is 22.0. The fourth-order valence-electron chi connectivity index (χ4n) is 4.76. The average molecular weight is 507 g/mol. The van der Waals surface area contributed by atoms with Gasteiger partial charge in [0.1, 0.15) is 16.1 Å². The lowest BCUT2D eigenvalue weighted by atomic mass is 10.2. The predicted octanol–water partition coefficient (Wildman–Crippen LogP) is 5.18. The van der Waals surface area contributed by atoms with Crippen molar-refractivity contribution >= 4 is 38.9 Å². The zero-order valence-electron chi connectivity index (χ0n) is 21.8. The van der Waals surface area contributed by atoms with Gasteiger partial charge in [-0.15, -0.1) is 0 Å². The molecule has 0 unspecified atom stereocenters. The molecular formula is C26H42O6Si2. The van der Waals surface area contributed by atoms with Crippen LogP contribution in [-0.2, 0) is 31.9 Å². The summed E-state index contributed by atoms with van der Waals surface area (Å²) in [6.45, 7) is 13.6. The predicted molar refractivity (Wildman–Crippen MR) is 140 cm³/mol. The van der Waals surface area contributed by atoms with Gasteiger partial charge in [-0.05, 0) is 23.3 Å². The lowest BCUT2D eigenvalue weighted by Gasteiger charge is -2.24. The molecule has 0 radical (unpaired) electrons. The highest BCUT2D eigenvalue weighted by Gasteiger charge is 2.33. The first kappa shape index (κ1) is 28.2. The molecular weight excluding hydrogens is 464 g/mol. The monoisotopic (exact) mass is 506 g/mol. The number of carbonyl (C=O) groups excluding carboxylic acids is 2. The summed E-state index contributed by atoms with van der Waals surface area (Å²) in [7, 11) is -3.13. The molecule has 0 fully saturated rings. The molecule has 6 nitrogen and oxygen atoms in total. The van der Waals surface area contributed by atoms with Gasteiger partial charge < -0.3 is 18.3 Å². The maximum absolute atomic E-state index is 12.0. The van der Waals surface area contributed by atoms with Crippen LogP contribution in [0.1, 0.15) is 52.7 Å². The molecule has 2 aromatic heterocycles. The van der Waals surface area contributed by atoms with Crippen LogP contribution in [0.4, 0.5) is 0 Å². The number of rotatable bonds is 14. The Morgan fingerprint density at radius 2 is 0.971 bits per heavy atom. The number of hydrogen-bond acceptors (Lipinski definition) is 6. The topological polar surface area (TPSA) is 78.9 Å². The zero-order valence-corrected chi connectivity index (χ0v) is 23.8. The first-order valence-electron chi connectivity index (χ1n) is 12.8. The summed E-state index contributed by atoms with van der Waals surface area (Å²) in [5.74, 6) is -1.91. The molecule has 2 rings (SSSR count). The zero-order chi connectivity index (χ0) is 25.2. The van der Waals surface area contributed by atoms with Crippen molar-refractivity contribution in [3.05, 3.63) is 35.8 Å². The quantitative estimate of drug-likeness (QED) is 0.200. The third-order valence-corrected chi connectivity index (χ3v) is 18.6. The van der Waals surface area contributed by atoms with Crippen molar-refractivity contribution in [1.29, 1.82) is 0 Å². The molecule has 0 aliphatic rings. The van der Waals surface area contributed by atoms with Crippen LogP contribution in [0, 0.1) is 0 Å². The Labute approximate surface area is 206 Å². The lowest BCUT2D eigenvalue weighted by Crippen LogP contribution is -2.44. The fourth-order valence-corrected chi connectivity index (χ4v) is 11.4. The van der Waals surface area contributed by atoms with Gasteiger partial charge in [0, 0.05) is 12.8 Å². The molecule has 2 heterocycles. The van der Waals surface area contributed by atoms with Gasteiger partial charge in [0.2, 0.25) is 0 Å². The summed E-state index contributed by atoms with van der Waals surface area (Å²) in [5.41, 5.74) is 1.98. The maximum Gasteiger partial charge on any atom is 0.417 e. The molecule has 8 heteroatoms. The molecule has 0 N–H and O–H groups in total. The molecule has 0 aromatic carbocycles. The molecule has 0 bridgehead atoms. The van der Waals surface area contributed by atoms with E-state index >= 15 is 0 Å². The van der Waals surface area contributed by atoms with E-state index in [1.165, 1.54) is 0 Å². The minimum atomic E-state index is -1.56. The van der Waals surface area contributed by atoms with Crippen LogP contribution in [0.3, 0.4) is 0 Å². The van der Waals surface area contributed by atoms with Crippen LogP contribution in [0.15, 0.2) is 33.5 Å². The Kier molecular flexibility index (Phi) is 10.9. The maximum atomic E-state index is 12.0. The Hall–Kier alpha value is -2.07. The molecule has 0 amide bonds. The van der Waals surface area contributed by atoms with Crippen LogP contribution in [-0.4, -0.2) is 41.3 Å². The SMILES string of the molecule is CC[Si](CC)(CC)c1cc(CCOC(=O)C(=O)OCCc2coc([Si](CC)(CC)CC)c2)co1. The molecule has 34 heavy (non-hydrogen) atoms. The van der Waals surface area contributed by atoms with E-state index in [1.54, 1.807) is 12.5 Å². The summed E-state index contributed by atoms with van der Waals surface area (Å²) in [6, 6.07) is 11.1. The van der Waals surface area contributed by atoms with Gasteiger partial charge in [-0.1, -0.05) is 77.8 Å². The van der Waals surface area contributed by atoms with Crippen LogP contribution >= 0.6 is 0 Å². The minimum Gasteiger partial charge on any atom is -0.474 e. The normalized spacial score (nSPS) is 12.1. The Bertz CT molecular complexity index is 817. The second kappa shape index (κ2) is 13.1. The summed E-state index contributed by atoms with van der Waals surface area (Å²) in [6.07, 6.45) is 4.52. The summed E-state index contributed by atoms with van der Waals surface area (Å²) in [5, 5.41) is 2.22. The van der Waals surface area contributed by atoms with Crippen LogP contribution in [0.2, 0.25) is 36.3 Å². The molecule has 0 saturated carbocycles. The molecule has 0 saturated heterocycles. The Balaban J connectivity index is 1.77. The van der Waals surface area contributed by atoms with E-state index in [0.29, 0.717) is 12.8 Å². The van der Waals surface area contributed by atoms with E-state index < -0.39 is 28.1 Å². The van der Waals surface area contributed by atoms with Crippen molar-refractivity contribution in [1.82, 2.24) is 0 Å². The summed E-state index contributed by atoms with van der Waals surface area (Å²) in [4.78, 5) is 24.0. The highest BCUT2D eigenvalue weighted by Crippen LogP contribution is 2.22. The molecule has 0 aliphatic heterocycles. The van der Waals surface area contributed by atoms with Gasteiger partial charge in [-0.3, -0.25) is 0 Å².